The highest BCUT2D eigenvalue weighted by atomic mass is 19.1. The van der Waals surface area contributed by atoms with Gasteiger partial charge in [-0.25, -0.2) is 4.39 Å². The molecule has 1 N–H and O–H groups in total. The third-order valence-electron chi connectivity index (χ3n) is 2.06. The van der Waals surface area contributed by atoms with Crippen LogP contribution in [0.5, 0.6) is 0 Å². The van der Waals surface area contributed by atoms with Crippen molar-refractivity contribution >= 4 is 5.69 Å². The van der Waals surface area contributed by atoms with Gasteiger partial charge in [0.2, 0.25) is 0 Å². The predicted octanol–water partition coefficient (Wildman–Crippen LogP) is 2.97. The summed E-state index contributed by atoms with van der Waals surface area (Å²) in [6.45, 7) is 7.29. The van der Waals surface area contributed by atoms with Crippen molar-refractivity contribution < 1.29 is 9.13 Å². The summed E-state index contributed by atoms with van der Waals surface area (Å²) >= 11 is 0. The first-order valence-electron chi connectivity index (χ1n) is 5.21. The second-order valence-electron chi connectivity index (χ2n) is 3.81. The van der Waals surface area contributed by atoms with Gasteiger partial charge in [-0.15, -0.1) is 0 Å². The molecule has 0 aliphatic carbocycles. The maximum atomic E-state index is 12.8. The minimum absolute atomic E-state index is 0.198. The van der Waals surface area contributed by atoms with Crippen LogP contribution in [0.3, 0.4) is 0 Å². The summed E-state index contributed by atoms with van der Waals surface area (Å²) in [7, 11) is 0. The maximum absolute atomic E-state index is 12.8. The van der Waals surface area contributed by atoms with Gasteiger partial charge in [-0.05, 0) is 44.5 Å². The Balaban J connectivity index is 2.37. The molecule has 0 aliphatic rings. The summed E-state index contributed by atoms with van der Waals surface area (Å²) < 4.78 is 18.2. The maximum Gasteiger partial charge on any atom is 0.123 e. The lowest BCUT2D eigenvalue weighted by Crippen LogP contribution is -2.13. The lowest BCUT2D eigenvalue weighted by Gasteiger charge is -2.11. The number of nitrogens with one attached hydrogen (secondary N) is 1. The van der Waals surface area contributed by atoms with Crippen LogP contribution in [0.25, 0.3) is 0 Å². The van der Waals surface area contributed by atoms with Crippen LogP contribution in [0.2, 0.25) is 0 Å². The molecule has 0 atom stereocenters. The number of anilines is 1. The first-order chi connectivity index (χ1) is 7.09. The van der Waals surface area contributed by atoms with E-state index in [0.717, 1.165) is 17.8 Å². The average molecular weight is 211 g/mol. The van der Waals surface area contributed by atoms with Gasteiger partial charge in [-0.2, -0.15) is 0 Å². The van der Waals surface area contributed by atoms with Crippen LogP contribution in [-0.4, -0.2) is 19.3 Å². The normalized spacial score (nSPS) is 10.7. The van der Waals surface area contributed by atoms with E-state index in [4.69, 9.17) is 4.74 Å². The summed E-state index contributed by atoms with van der Waals surface area (Å²) in [6.07, 6.45) is 0.251. The molecule has 3 heteroatoms. The molecule has 0 heterocycles. The Labute approximate surface area is 90.4 Å². The third-order valence-corrected chi connectivity index (χ3v) is 2.06. The molecule has 84 valence electrons. The lowest BCUT2D eigenvalue weighted by molar-refractivity contribution is 0.0870. The summed E-state index contributed by atoms with van der Waals surface area (Å²) in [5.74, 6) is -0.198. The van der Waals surface area contributed by atoms with E-state index in [1.54, 1.807) is 6.07 Å². The second-order valence-corrected chi connectivity index (χ2v) is 3.81. The molecule has 1 aromatic carbocycles. The van der Waals surface area contributed by atoms with Crippen molar-refractivity contribution in [1.82, 2.24) is 0 Å². The third kappa shape index (κ3) is 4.30. The van der Waals surface area contributed by atoms with Crippen LogP contribution < -0.4 is 5.32 Å². The lowest BCUT2D eigenvalue weighted by atomic mass is 10.2. The fourth-order valence-corrected chi connectivity index (χ4v) is 1.31. The van der Waals surface area contributed by atoms with E-state index in [-0.39, 0.29) is 11.9 Å². The molecule has 0 saturated heterocycles. The highest BCUT2D eigenvalue weighted by molar-refractivity contribution is 5.50. The minimum Gasteiger partial charge on any atom is -0.383 e. The SMILES string of the molecule is Cc1cc(F)ccc1NCCOC(C)C. The Morgan fingerprint density at radius 2 is 2.13 bits per heavy atom. The highest BCUT2D eigenvalue weighted by Crippen LogP contribution is 2.14. The van der Waals surface area contributed by atoms with Gasteiger partial charge in [0.25, 0.3) is 0 Å². The quantitative estimate of drug-likeness (QED) is 0.756. The number of benzene rings is 1. The predicted molar refractivity (Wildman–Crippen MR) is 60.7 cm³/mol. The molecule has 0 bridgehead atoms. The van der Waals surface area contributed by atoms with Gasteiger partial charge in [0, 0.05) is 12.2 Å². The van der Waals surface area contributed by atoms with E-state index in [1.807, 2.05) is 20.8 Å². The number of hydrogen-bond acceptors (Lipinski definition) is 2. The minimum atomic E-state index is -0.198. The molecule has 2 nitrogen and oxygen atoms in total. The van der Waals surface area contributed by atoms with E-state index >= 15 is 0 Å². The van der Waals surface area contributed by atoms with Gasteiger partial charge in [0.05, 0.1) is 12.7 Å². The van der Waals surface area contributed by atoms with Crippen LogP contribution in [0.1, 0.15) is 19.4 Å². The average Bonchev–Trinajstić information content (AvgIpc) is 2.14. The van der Waals surface area contributed by atoms with E-state index in [0.29, 0.717) is 6.61 Å². The molecule has 0 aliphatic heterocycles. The van der Waals surface area contributed by atoms with E-state index < -0.39 is 0 Å². The Kier molecular flexibility index (Phi) is 4.56. The zero-order chi connectivity index (χ0) is 11.3. The van der Waals surface area contributed by atoms with Crippen LogP contribution in [0, 0.1) is 12.7 Å². The molecule has 0 radical (unpaired) electrons. The van der Waals surface area contributed by atoms with Crippen molar-refractivity contribution in [1.29, 1.82) is 0 Å². The van der Waals surface area contributed by atoms with Crippen molar-refractivity contribution in [3.05, 3.63) is 29.6 Å². The van der Waals surface area contributed by atoms with Crippen molar-refractivity contribution in [3.8, 4) is 0 Å². The molecular weight excluding hydrogens is 193 g/mol. The fraction of sp³-hybridized carbons (Fsp3) is 0.500. The smallest absolute Gasteiger partial charge is 0.123 e. The summed E-state index contributed by atoms with van der Waals surface area (Å²) in [6, 6.07) is 4.73. The van der Waals surface area contributed by atoms with Crippen LogP contribution in [0.15, 0.2) is 18.2 Å². The molecule has 0 saturated carbocycles. The number of aryl methyl sites for hydroxylation is 1. The summed E-state index contributed by atoms with van der Waals surface area (Å²) in [4.78, 5) is 0. The van der Waals surface area contributed by atoms with Crippen molar-refractivity contribution in [2.75, 3.05) is 18.5 Å². The van der Waals surface area contributed by atoms with Gasteiger partial charge in [-0.1, -0.05) is 0 Å². The van der Waals surface area contributed by atoms with Gasteiger partial charge < -0.3 is 10.1 Å². The zero-order valence-electron chi connectivity index (χ0n) is 9.51. The van der Waals surface area contributed by atoms with Gasteiger partial charge in [0.1, 0.15) is 5.82 Å². The highest BCUT2D eigenvalue weighted by Gasteiger charge is 1.99. The molecule has 1 aromatic rings. The molecule has 0 spiro atoms. The second kappa shape index (κ2) is 5.71. The van der Waals surface area contributed by atoms with Crippen LogP contribution in [-0.2, 0) is 4.74 Å². The Morgan fingerprint density at radius 1 is 1.40 bits per heavy atom. The van der Waals surface area contributed by atoms with Crippen molar-refractivity contribution in [3.63, 3.8) is 0 Å². The monoisotopic (exact) mass is 211 g/mol. The first kappa shape index (κ1) is 12.0. The van der Waals surface area contributed by atoms with E-state index in [2.05, 4.69) is 5.32 Å². The van der Waals surface area contributed by atoms with E-state index in [1.165, 1.54) is 12.1 Å². The summed E-state index contributed by atoms with van der Waals surface area (Å²) in [5, 5.41) is 3.20. The van der Waals surface area contributed by atoms with Crippen molar-refractivity contribution in [2.45, 2.75) is 26.9 Å². The molecule has 0 aromatic heterocycles. The standard InChI is InChI=1S/C12H18FNO/c1-9(2)15-7-6-14-12-5-4-11(13)8-10(12)3/h4-5,8-9,14H,6-7H2,1-3H3. The van der Waals surface area contributed by atoms with Gasteiger partial charge in [-0.3, -0.25) is 0 Å². The Hall–Kier alpha value is -1.09. The largest absolute Gasteiger partial charge is 0.383 e. The molecule has 0 unspecified atom stereocenters. The Morgan fingerprint density at radius 3 is 2.73 bits per heavy atom. The first-order valence-corrected chi connectivity index (χ1v) is 5.21. The van der Waals surface area contributed by atoms with Crippen LogP contribution in [0.4, 0.5) is 10.1 Å². The molecule has 1 rings (SSSR count). The molecular formula is C12H18FNO. The molecule has 15 heavy (non-hydrogen) atoms. The number of ether oxygens (including phenoxy) is 1. The molecule has 0 amide bonds. The number of rotatable bonds is 5. The topological polar surface area (TPSA) is 21.3 Å². The fourth-order valence-electron chi connectivity index (χ4n) is 1.31. The number of halogens is 1. The van der Waals surface area contributed by atoms with E-state index in [9.17, 15) is 4.39 Å². The van der Waals surface area contributed by atoms with Gasteiger partial charge >= 0.3 is 0 Å². The van der Waals surface area contributed by atoms with Gasteiger partial charge in [0.15, 0.2) is 0 Å². The summed E-state index contributed by atoms with van der Waals surface area (Å²) in [5.41, 5.74) is 1.88. The number of hydrogen-bond donors (Lipinski definition) is 1. The van der Waals surface area contributed by atoms with Crippen molar-refractivity contribution in [2.24, 2.45) is 0 Å². The zero-order valence-corrected chi connectivity index (χ0v) is 9.51. The Bertz CT molecular complexity index is 312. The van der Waals surface area contributed by atoms with Crippen LogP contribution >= 0.6 is 0 Å². The molecule has 0 fully saturated rings.